The molecule has 1 saturated heterocycles. The molecule has 1 aliphatic rings. The lowest BCUT2D eigenvalue weighted by Gasteiger charge is -2.31. The van der Waals surface area contributed by atoms with Gasteiger partial charge in [0.25, 0.3) is 0 Å². The second-order valence-corrected chi connectivity index (χ2v) is 11.0. The highest BCUT2D eigenvalue weighted by atomic mass is 32.2. The third kappa shape index (κ3) is 5.64. The van der Waals surface area contributed by atoms with E-state index in [4.69, 9.17) is 0 Å². The first kappa shape index (κ1) is 23.5. The number of hydrogen-bond donors (Lipinski definition) is 1. The SMILES string of the molecule is CN1CCN(S(=O)(=O)c2ccc3nc(NC(=O)CCCC(=O)c4ccccc4)sc3c2)CC1. The quantitative estimate of drug-likeness (QED) is 0.491. The molecule has 0 radical (unpaired) electrons. The molecule has 2 aromatic carbocycles. The predicted molar refractivity (Wildman–Crippen MR) is 129 cm³/mol. The van der Waals surface area contributed by atoms with Gasteiger partial charge in [-0.05, 0) is 31.7 Å². The van der Waals surface area contributed by atoms with Crippen LogP contribution in [0.3, 0.4) is 0 Å². The maximum Gasteiger partial charge on any atom is 0.243 e. The van der Waals surface area contributed by atoms with Crippen molar-refractivity contribution >= 4 is 48.4 Å². The summed E-state index contributed by atoms with van der Waals surface area (Å²) >= 11 is 1.24. The van der Waals surface area contributed by atoms with Crippen LogP contribution in [0.5, 0.6) is 0 Å². The average Bonchev–Trinajstić information content (AvgIpc) is 3.21. The standard InChI is InChI=1S/C23H26N4O4S2/c1-26-12-14-27(15-13-26)33(30,31)18-10-11-19-21(16-18)32-23(24-19)25-22(29)9-5-8-20(28)17-6-3-2-4-7-17/h2-4,6-7,10-11,16H,5,8-9,12-15H2,1H3,(H,24,25,29). The molecule has 1 aromatic heterocycles. The van der Waals surface area contributed by atoms with E-state index >= 15 is 0 Å². The van der Waals surface area contributed by atoms with E-state index < -0.39 is 10.0 Å². The van der Waals surface area contributed by atoms with Gasteiger partial charge < -0.3 is 10.2 Å². The summed E-state index contributed by atoms with van der Waals surface area (Å²) in [5.41, 5.74) is 1.28. The van der Waals surface area contributed by atoms with Gasteiger partial charge in [0.2, 0.25) is 15.9 Å². The van der Waals surface area contributed by atoms with Crippen LogP contribution in [0.15, 0.2) is 53.4 Å². The molecule has 0 unspecified atom stereocenters. The smallest absolute Gasteiger partial charge is 0.243 e. The molecule has 0 saturated carbocycles. The summed E-state index contributed by atoms with van der Waals surface area (Å²) in [6.07, 6.45) is 0.945. The van der Waals surface area contributed by atoms with Crippen molar-refractivity contribution in [3.8, 4) is 0 Å². The number of hydrogen-bond acceptors (Lipinski definition) is 7. The van der Waals surface area contributed by atoms with Crippen LogP contribution in [0, 0.1) is 0 Å². The fraction of sp³-hybridized carbons (Fsp3) is 0.348. The van der Waals surface area contributed by atoms with Crippen LogP contribution in [-0.2, 0) is 14.8 Å². The Labute approximate surface area is 197 Å². The van der Waals surface area contributed by atoms with Crippen LogP contribution in [0.1, 0.15) is 29.6 Å². The molecule has 0 spiro atoms. The highest BCUT2D eigenvalue weighted by Gasteiger charge is 2.27. The minimum atomic E-state index is -3.57. The summed E-state index contributed by atoms with van der Waals surface area (Å²) in [4.78, 5) is 31.2. The molecule has 8 nitrogen and oxygen atoms in total. The van der Waals surface area contributed by atoms with Gasteiger partial charge >= 0.3 is 0 Å². The number of benzene rings is 2. The lowest BCUT2D eigenvalue weighted by molar-refractivity contribution is -0.116. The largest absolute Gasteiger partial charge is 0.304 e. The Morgan fingerprint density at radius 1 is 1.03 bits per heavy atom. The number of carbonyl (C=O) groups is 2. The first-order valence-corrected chi connectivity index (χ1v) is 13.1. The van der Waals surface area contributed by atoms with E-state index in [0.29, 0.717) is 59.9 Å². The van der Waals surface area contributed by atoms with Crippen molar-refractivity contribution in [1.29, 1.82) is 0 Å². The van der Waals surface area contributed by atoms with Gasteiger partial charge in [-0.2, -0.15) is 4.31 Å². The van der Waals surface area contributed by atoms with Crippen LogP contribution in [-0.4, -0.2) is 67.5 Å². The Balaban J connectivity index is 1.36. The number of fused-ring (bicyclic) bond motifs is 1. The summed E-state index contributed by atoms with van der Waals surface area (Å²) in [6.45, 7) is 2.34. The first-order chi connectivity index (χ1) is 15.8. The zero-order valence-corrected chi connectivity index (χ0v) is 20.0. The minimum Gasteiger partial charge on any atom is -0.304 e. The summed E-state index contributed by atoms with van der Waals surface area (Å²) in [5, 5.41) is 3.18. The van der Waals surface area contributed by atoms with Crippen LogP contribution in [0.4, 0.5) is 5.13 Å². The molecule has 174 valence electrons. The first-order valence-electron chi connectivity index (χ1n) is 10.8. The monoisotopic (exact) mass is 486 g/mol. The van der Waals surface area contributed by atoms with Crippen LogP contribution >= 0.6 is 11.3 Å². The number of rotatable bonds is 8. The maximum absolute atomic E-state index is 13.0. The van der Waals surface area contributed by atoms with Gasteiger partial charge in [0, 0.05) is 44.6 Å². The Bertz CT molecular complexity index is 1250. The third-order valence-electron chi connectivity index (χ3n) is 5.61. The van der Waals surface area contributed by atoms with Crippen molar-refractivity contribution in [1.82, 2.24) is 14.2 Å². The Morgan fingerprint density at radius 2 is 1.76 bits per heavy atom. The van der Waals surface area contributed by atoms with Crippen molar-refractivity contribution in [3.63, 3.8) is 0 Å². The van der Waals surface area contributed by atoms with Gasteiger partial charge in [-0.1, -0.05) is 41.7 Å². The van der Waals surface area contributed by atoms with E-state index in [1.165, 1.54) is 15.6 Å². The molecule has 1 amide bonds. The van der Waals surface area contributed by atoms with Crippen LogP contribution in [0.25, 0.3) is 10.2 Å². The summed E-state index contributed by atoms with van der Waals surface area (Å²) in [5.74, 6) is -0.210. The normalized spacial score (nSPS) is 15.5. The molecule has 0 aliphatic carbocycles. The van der Waals surface area contributed by atoms with E-state index in [1.54, 1.807) is 30.3 Å². The Hall–Kier alpha value is -2.66. The molecule has 3 aromatic rings. The lowest BCUT2D eigenvalue weighted by Crippen LogP contribution is -2.46. The number of likely N-dealkylation sites (N-methyl/N-ethyl adjacent to an activating group) is 1. The van der Waals surface area contributed by atoms with Crippen molar-refractivity contribution in [3.05, 3.63) is 54.1 Å². The van der Waals surface area contributed by atoms with Crippen molar-refractivity contribution in [2.45, 2.75) is 24.2 Å². The molecular weight excluding hydrogens is 460 g/mol. The zero-order chi connectivity index (χ0) is 23.4. The van der Waals surface area contributed by atoms with E-state index in [0.717, 1.165) is 0 Å². The van der Waals surface area contributed by atoms with E-state index in [-0.39, 0.29) is 23.0 Å². The van der Waals surface area contributed by atoms with Gasteiger partial charge in [0.1, 0.15) is 0 Å². The molecule has 1 fully saturated rings. The number of ketones is 1. The number of nitrogens with one attached hydrogen (secondary N) is 1. The molecule has 10 heteroatoms. The number of amides is 1. The minimum absolute atomic E-state index is 0.0116. The molecule has 1 aliphatic heterocycles. The fourth-order valence-corrected chi connectivity index (χ4v) is 6.10. The molecular formula is C23H26N4O4S2. The second kappa shape index (κ2) is 10.1. The summed E-state index contributed by atoms with van der Waals surface area (Å²) < 4.78 is 28.2. The number of aromatic nitrogens is 1. The number of anilines is 1. The Morgan fingerprint density at radius 3 is 2.48 bits per heavy atom. The van der Waals surface area contributed by atoms with E-state index in [1.807, 2.05) is 25.2 Å². The van der Waals surface area contributed by atoms with Gasteiger partial charge in [-0.15, -0.1) is 0 Å². The molecule has 4 rings (SSSR count). The second-order valence-electron chi connectivity index (χ2n) is 8.05. The Kier molecular flexibility index (Phi) is 7.18. The number of nitrogens with zero attached hydrogens (tertiary/aromatic N) is 3. The molecule has 33 heavy (non-hydrogen) atoms. The van der Waals surface area contributed by atoms with Gasteiger partial charge in [0.05, 0.1) is 15.1 Å². The molecule has 1 N–H and O–H groups in total. The summed E-state index contributed by atoms with van der Waals surface area (Å²) in [7, 11) is -1.59. The zero-order valence-electron chi connectivity index (χ0n) is 18.4. The number of sulfonamides is 1. The maximum atomic E-state index is 13.0. The van der Waals surface area contributed by atoms with Crippen LogP contribution < -0.4 is 5.32 Å². The van der Waals surface area contributed by atoms with Crippen molar-refractivity contribution < 1.29 is 18.0 Å². The number of thiazole rings is 1. The molecule has 2 heterocycles. The fourth-order valence-electron chi connectivity index (χ4n) is 3.66. The molecule has 0 bridgehead atoms. The average molecular weight is 487 g/mol. The number of Topliss-reactive ketones (excluding diaryl/α,β-unsaturated/α-hetero) is 1. The van der Waals surface area contributed by atoms with Gasteiger partial charge in [-0.25, -0.2) is 13.4 Å². The highest BCUT2D eigenvalue weighted by Crippen LogP contribution is 2.29. The third-order valence-corrected chi connectivity index (χ3v) is 8.44. The summed E-state index contributed by atoms with van der Waals surface area (Å²) in [6, 6.07) is 13.9. The topological polar surface area (TPSA) is 99.7 Å². The number of piperazine rings is 1. The van der Waals surface area contributed by atoms with E-state index in [2.05, 4.69) is 15.2 Å². The van der Waals surface area contributed by atoms with Gasteiger partial charge in [-0.3, -0.25) is 9.59 Å². The predicted octanol–water partition coefficient (Wildman–Crippen LogP) is 3.22. The lowest BCUT2D eigenvalue weighted by atomic mass is 10.1. The van der Waals surface area contributed by atoms with Crippen LogP contribution in [0.2, 0.25) is 0 Å². The number of carbonyl (C=O) groups excluding carboxylic acids is 2. The highest BCUT2D eigenvalue weighted by molar-refractivity contribution is 7.89. The van der Waals surface area contributed by atoms with E-state index in [9.17, 15) is 18.0 Å². The van der Waals surface area contributed by atoms with Crippen molar-refractivity contribution in [2.75, 3.05) is 38.5 Å². The van der Waals surface area contributed by atoms with Gasteiger partial charge in [0.15, 0.2) is 10.9 Å². The molecule has 0 atom stereocenters. The van der Waals surface area contributed by atoms with Crippen molar-refractivity contribution in [2.24, 2.45) is 0 Å².